The molecule has 4 aromatic rings. The zero-order valence-electron chi connectivity index (χ0n) is 21.2. The summed E-state index contributed by atoms with van der Waals surface area (Å²) in [6.07, 6.45) is 0. The lowest BCUT2D eigenvalue weighted by atomic mass is 10.1. The Balaban J connectivity index is 1.24. The van der Waals surface area contributed by atoms with Crippen LogP contribution >= 0.6 is 58.0 Å². The lowest BCUT2D eigenvalue weighted by molar-refractivity contribution is -0.117. The van der Waals surface area contributed by atoms with Gasteiger partial charge >= 0.3 is 0 Å². The van der Waals surface area contributed by atoms with E-state index in [0.29, 0.717) is 27.0 Å². The molecule has 1 fully saturated rings. The number of hydrogen-bond donors (Lipinski definition) is 3. The minimum atomic E-state index is -1.33. The van der Waals surface area contributed by atoms with Crippen LogP contribution in [0.3, 0.4) is 0 Å². The number of benzene rings is 4. The summed E-state index contributed by atoms with van der Waals surface area (Å²) >= 11 is 31.5. The number of carbonyl (C=O) groups is 2. The van der Waals surface area contributed by atoms with Crippen LogP contribution in [0.1, 0.15) is 27.4 Å². The van der Waals surface area contributed by atoms with Gasteiger partial charge in [0, 0.05) is 38.7 Å². The molecule has 1 aliphatic rings. The molecule has 1 saturated carbocycles. The van der Waals surface area contributed by atoms with Crippen molar-refractivity contribution in [2.45, 2.75) is 10.3 Å². The summed E-state index contributed by atoms with van der Waals surface area (Å²) < 4.78 is -1.33. The minimum Gasteiger partial charge on any atom is -0.356 e. The van der Waals surface area contributed by atoms with Crippen molar-refractivity contribution < 1.29 is 9.59 Å². The molecule has 1 aliphatic carbocycles. The molecule has 4 aromatic carbocycles. The van der Waals surface area contributed by atoms with E-state index in [0.717, 1.165) is 16.9 Å². The van der Waals surface area contributed by atoms with Crippen LogP contribution in [0.15, 0.2) is 97.6 Å². The molecule has 3 N–H and O–H groups in total. The highest BCUT2D eigenvalue weighted by Crippen LogP contribution is 2.65. The Morgan fingerprint density at radius 1 is 0.707 bits per heavy atom. The molecule has 10 heteroatoms. The van der Waals surface area contributed by atoms with Gasteiger partial charge in [-0.05, 0) is 71.8 Å². The molecule has 2 atom stereocenters. The van der Waals surface area contributed by atoms with Crippen molar-refractivity contribution in [3.05, 3.63) is 129 Å². The van der Waals surface area contributed by atoms with Crippen LogP contribution in [-0.2, 0) is 4.79 Å². The van der Waals surface area contributed by atoms with Gasteiger partial charge in [-0.25, -0.2) is 0 Å². The van der Waals surface area contributed by atoms with E-state index < -0.39 is 28.0 Å². The van der Waals surface area contributed by atoms with E-state index in [1.807, 2.05) is 42.5 Å². The summed E-state index contributed by atoms with van der Waals surface area (Å²) in [6.45, 7) is 4.07. The monoisotopic (exact) mass is 643 g/mol. The molecule has 0 aromatic heterocycles. The standard InChI is InChI=1S/C31H22Cl5N3O2/c1-17(18-5-3-2-4-6-18)37-22-7-9-23(10-8-22)38-29(40)25-16-24(11-12-26(25)34)39-30(41)28-27(31(28,35)36)19-13-20(32)15-21(33)14-19/h2-16,27-28,37H,1H2,(H,38,40)(H,39,41). The topological polar surface area (TPSA) is 70.2 Å². The van der Waals surface area contributed by atoms with Crippen molar-refractivity contribution in [3.63, 3.8) is 0 Å². The van der Waals surface area contributed by atoms with Gasteiger partial charge in [-0.15, -0.1) is 23.2 Å². The molecule has 5 rings (SSSR count). The van der Waals surface area contributed by atoms with E-state index in [1.165, 1.54) is 12.1 Å². The fraction of sp³-hybridized carbons (Fsp3) is 0.0968. The van der Waals surface area contributed by atoms with E-state index in [2.05, 4.69) is 22.5 Å². The predicted molar refractivity (Wildman–Crippen MR) is 171 cm³/mol. The summed E-state index contributed by atoms with van der Waals surface area (Å²) in [5, 5.41) is 9.91. The number of nitrogens with one attached hydrogen (secondary N) is 3. The Hall–Kier alpha value is -3.19. The summed E-state index contributed by atoms with van der Waals surface area (Å²) in [4.78, 5) is 26.2. The molecule has 0 aliphatic heterocycles. The fourth-order valence-corrected chi connectivity index (χ4v) is 6.11. The molecule has 208 valence electrons. The van der Waals surface area contributed by atoms with E-state index in [9.17, 15) is 9.59 Å². The average Bonchev–Trinajstić information content (AvgIpc) is 3.52. The predicted octanol–water partition coefficient (Wildman–Crippen LogP) is 9.51. The summed E-state index contributed by atoms with van der Waals surface area (Å²) in [7, 11) is 0. The maximum Gasteiger partial charge on any atom is 0.257 e. The largest absolute Gasteiger partial charge is 0.356 e. The van der Waals surface area contributed by atoms with Crippen LogP contribution < -0.4 is 16.0 Å². The zero-order chi connectivity index (χ0) is 29.3. The Morgan fingerprint density at radius 3 is 1.93 bits per heavy atom. The van der Waals surface area contributed by atoms with Crippen LogP contribution in [0.2, 0.25) is 15.1 Å². The van der Waals surface area contributed by atoms with Crippen molar-refractivity contribution in [1.82, 2.24) is 0 Å². The third kappa shape index (κ3) is 6.66. The third-order valence-corrected chi connectivity index (χ3v) is 8.33. The van der Waals surface area contributed by atoms with Crippen molar-refractivity contribution in [1.29, 1.82) is 0 Å². The molecule has 0 heterocycles. The molecule has 2 amide bonds. The number of carbonyl (C=O) groups excluding carboxylic acids is 2. The lowest BCUT2D eigenvalue weighted by Gasteiger charge is -2.12. The second-order valence-electron chi connectivity index (χ2n) is 9.52. The van der Waals surface area contributed by atoms with Crippen molar-refractivity contribution >= 4 is 92.6 Å². The molecule has 2 unspecified atom stereocenters. The van der Waals surface area contributed by atoms with Gasteiger partial charge in [0.05, 0.1) is 16.5 Å². The third-order valence-electron chi connectivity index (χ3n) is 6.62. The van der Waals surface area contributed by atoms with Gasteiger partial charge in [0.1, 0.15) is 4.33 Å². The molecule has 0 bridgehead atoms. The Morgan fingerprint density at radius 2 is 1.29 bits per heavy atom. The first-order valence-corrected chi connectivity index (χ1v) is 14.3. The molecule has 0 saturated heterocycles. The lowest BCUT2D eigenvalue weighted by Crippen LogP contribution is -2.18. The second-order valence-corrected chi connectivity index (χ2v) is 12.2. The van der Waals surface area contributed by atoms with E-state index in [1.54, 1.807) is 36.4 Å². The minimum absolute atomic E-state index is 0.182. The van der Waals surface area contributed by atoms with E-state index in [4.69, 9.17) is 58.0 Å². The quantitative estimate of drug-likeness (QED) is 0.167. The van der Waals surface area contributed by atoms with Crippen molar-refractivity contribution in [2.75, 3.05) is 16.0 Å². The Kier molecular flexibility index (Phi) is 8.55. The van der Waals surface area contributed by atoms with Crippen molar-refractivity contribution in [3.8, 4) is 0 Å². The van der Waals surface area contributed by atoms with Gasteiger partial charge in [-0.3, -0.25) is 9.59 Å². The Labute approximate surface area is 262 Å². The molecular weight excluding hydrogens is 624 g/mol. The first-order chi connectivity index (χ1) is 19.5. The van der Waals surface area contributed by atoms with Crippen LogP contribution in [0.25, 0.3) is 5.70 Å². The molecule has 0 spiro atoms. The molecular formula is C31H22Cl5N3O2. The zero-order valence-corrected chi connectivity index (χ0v) is 25.0. The van der Waals surface area contributed by atoms with Crippen LogP contribution in [-0.4, -0.2) is 16.1 Å². The summed E-state index contributed by atoms with van der Waals surface area (Å²) in [5.41, 5.74) is 4.31. The van der Waals surface area contributed by atoms with E-state index >= 15 is 0 Å². The normalized spacial score (nSPS) is 16.9. The highest BCUT2D eigenvalue weighted by atomic mass is 35.5. The van der Waals surface area contributed by atoms with Gasteiger partial charge in [0.25, 0.3) is 5.91 Å². The Bertz CT molecular complexity index is 1620. The number of amides is 2. The molecule has 41 heavy (non-hydrogen) atoms. The maximum atomic E-state index is 13.1. The SMILES string of the molecule is C=C(Nc1ccc(NC(=O)c2cc(NC(=O)C3C(c4cc(Cl)cc(Cl)c4)C3(Cl)Cl)ccc2Cl)cc1)c1ccccc1. The van der Waals surface area contributed by atoms with Crippen LogP contribution in [0, 0.1) is 5.92 Å². The fourth-order valence-electron chi connectivity index (χ4n) is 4.54. The van der Waals surface area contributed by atoms with Crippen LogP contribution in [0.5, 0.6) is 0 Å². The second kappa shape index (κ2) is 12.0. The first kappa shape index (κ1) is 29.3. The van der Waals surface area contributed by atoms with Crippen LogP contribution in [0.4, 0.5) is 17.1 Å². The smallest absolute Gasteiger partial charge is 0.257 e. The van der Waals surface area contributed by atoms with Crippen molar-refractivity contribution in [2.24, 2.45) is 5.92 Å². The van der Waals surface area contributed by atoms with Gasteiger partial charge in [-0.2, -0.15) is 0 Å². The number of hydrogen-bond acceptors (Lipinski definition) is 3. The molecule has 5 nitrogen and oxygen atoms in total. The number of anilines is 3. The highest BCUT2D eigenvalue weighted by Gasteiger charge is 2.67. The number of rotatable bonds is 8. The van der Waals surface area contributed by atoms with Gasteiger partial charge in [-0.1, -0.05) is 71.7 Å². The maximum absolute atomic E-state index is 13.1. The highest BCUT2D eigenvalue weighted by molar-refractivity contribution is 6.53. The summed E-state index contributed by atoms with van der Waals surface area (Å²) in [6, 6.07) is 26.5. The number of alkyl halides is 2. The van der Waals surface area contributed by atoms with Gasteiger partial charge in [0.15, 0.2) is 0 Å². The first-order valence-electron chi connectivity index (χ1n) is 12.4. The number of halogens is 5. The summed E-state index contributed by atoms with van der Waals surface area (Å²) in [5.74, 6) is -2.11. The van der Waals surface area contributed by atoms with E-state index in [-0.39, 0.29) is 10.6 Å². The molecule has 0 radical (unpaired) electrons. The average molecular weight is 646 g/mol. The van der Waals surface area contributed by atoms with Gasteiger partial charge in [0.2, 0.25) is 5.91 Å². The van der Waals surface area contributed by atoms with Gasteiger partial charge < -0.3 is 16.0 Å².